The summed E-state index contributed by atoms with van der Waals surface area (Å²) in [6, 6.07) is 6.00. The third kappa shape index (κ3) is 3.41. The van der Waals surface area contributed by atoms with E-state index in [0.29, 0.717) is 6.54 Å². The second-order valence-electron chi connectivity index (χ2n) is 6.57. The fourth-order valence-electron chi connectivity index (χ4n) is 3.53. The molecular weight excluding hydrogens is 334 g/mol. The van der Waals surface area contributed by atoms with Crippen molar-refractivity contribution in [3.63, 3.8) is 0 Å². The first-order valence-corrected chi connectivity index (χ1v) is 9.87. The standard InChI is InChI=1S/C19H23N3O2S/c1-2-22-16-10-14(6-7-17(16)24-12-19(22)23)15-13-25-18(20-15)11-21-8-4-3-5-9-21/h6-7,10,13H,2-5,8-9,11-12H2,1H3. The highest BCUT2D eigenvalue weighted by Gasteiger charge is 2.24. The maximum atomic E-state index is 12.0. The molecule has 2 aromatic rings. The number of likely N-dealkylation sites (N-methyl/N-ethyl adjacent to an activating group) is 1. The van der Waals surface area contributed by atoms with Gasteiger partial charge in [0.25, 0.3) is 5.91 Å². The summed E-state index contributed by atoms with van der Waals surface area (Å²) in [5.41, 5.74) is 2.87. The molecule has 1 fully saturated rings. The van der Waals surface area contributed by atoms with Gasteiger partial charge in [-0.25, -0.2) is 4.98 Å². The Balaban J connectivity index is 1.56. The van der Waals surface area contributed by atoms with Gasteiger partial charge in [-0.15, -0.1) is 11.3 Å². The van der Waals surface area contributed by atoms with E-state index in [4.69, 9.17) is 9.72 Å². The van der Waals surface area contributed by atoms with Crippen LogP contribution in [0.15, 0.2) is 23.6 Å². The first-order chi connectivity index (χ1) is 12.2. The highest BCUT2D eigenvalue weighted by Crippen LogP contribution is 2.36. The zero-order valence-electron chi connectivity index (χ0n) is 14.5. The van der Waals surface area contributed by atoms with Crippen LogP contribution < -0.4 is 9.64 Å². The predicted octanol–water partition coefficient (Wildman–Crippen LogP) is 3.54. The number of amides is 1. The molecule has 2 aliphatic heterocycles. The lowest BCUT2D eigenvalue weighted by Crippen LogP contribution is -2.38. The molecule has 0 spiro atoms. The van der Waals surface area contributed by atoms with Gasteiger partial charge in [-0.3, -0.25) is 9.69 Å². The molecule has 2 aliphatic rings. The minimum Gasteiger partial charge on any atom is -0.482 e. The van der Waals surface area contributed by atoms with Crippen molar-refractivity contribution < 1.29 is 9.53 Å². The van der Waals surface area contributed by atoms with Gasteiger partial charge in [0.05, 0.1) is 17.9 Å². The van der Waals surface area contributed by atoms with Crippen LogP contribution in [-0.4, -0.2) is 42.0 Å². The third-order valence-electron chi connectivity index (χ3n) is 4.87. The number of carbonyl (C=O) groups excluding carboxylic acids is 1. The first-order valence-electron chi connectivity index (χ1n) is 8.99. The molecule has 1 aromatic heterocycles. The van der Waals surface area contributed by atoms with Crippen molar-refractivity contribution in [1.29, 1.82) is 0 Å². The summed E-state index contributed by atoms with van der Waals surface area (Å²) in [5, 5.41) is 3.28. The van der Waals surface area contributed by atoms with Gasteiger partial charge in [-0.05, 0) is 51.1 Å². The molecule has 4 rings (SSSR count). The number of thiazole rings is 1. The molecule has 0 aliphatic carbocycles. The van der Waals surface area contributed by atoms with Gasteiger partial charge in [0, 0.05) is 17.5 Å². The van der Waals surface area contributed by atoms with Gasteiger partial charge in [-0.1, -0.05) is 6.42 Å². The van der Waals surface area contributed by atoms with E-state index in [-0.39, 0.29) is 12.5 Å². The predicted molar refractivity (Wildman–Crippen MR) is 100 cm³/mol. The van der Waals surface area contributed by atoms with E-state index in [2.05, 4.69) is 10.3 Å². The van der Waals surface area contributed by atoms with Gasteiger partial charge in [-0.2, -0.15) is 0 Å². The molecule has 6 heteroatoms. The lowest BCUT2D eigenvalue weighted by molar-refractivity contribution is -0.121. The van der Waals surface area contributed by atoms with Gasteiger partial charge in [0.2, 0.25) is 0 Å². The average molecular weight is 357 g/mol. The summed E-state index contributed by atoms with van der Waals surface area (Å²) in [6.07, 6.45) is 3.94. The summed E-state index contributed by atoms with van der Waals surface area (Å²) >= 11 is 1.72. The van der Waals surface area contributed by atoms with E-state index >= 15 is 0 Å². The maximum absolute atomic E-state index is 12.0. The van der Waals surface area contributed by atoms with Gasteiger partial charge in [0.15, 0.2) is 6.61 Å². The van der Waals surface area contributed by atoms with Gasteiger partial charge in [0.1, 0.15) is 10.8 Å². The summed E-state index contributed by atoms with van der Waals surface area (Å²) in [4.78, 5) is 21.1. The normalized spacial score (nSPS) is 18.1. The molecule has 1 amide bonds. The SMILES string of the molecule is CCN1C(=O)COc2ccc(-c3csc(CN4CCCCC4)n3)cc21. The van der Waals surface area contributed by atoms with Crippen LogP contribution in [0.25, 0.3) is 11.3 Å². The van der Waals surface area contributed by atoms with Crippen molar-refractivity contribution in [3.05, 3.63) is 28.6 Å². The second kappa shape index (κ2) is 7.14. The minimum atomic E-state index is 0.0104. The van der Waals surface area contributed by atoms with Crippen molar-refractivity contribution in [1.82, 2.24) is 9.88 Å². The number of ether oxygens (including phenoxy) is 1. The summed E-state index contributed by atoms with van der Waals surface area (Å²) < 4.78 is 5.55. The molecule has 5 nitrogen and oxygen atoms in total. The number of nitrogens with zero attached hydrogens (tertiary/aromatic N) is 3. The summed E-state index contributed by atoms with van der Waals surface area (Å²) in [5.74, 6) is 0.783. The summed E-state index contributed by atoms with van der Waals surface area (Å²) in [7, 11) is 0. The van der Waals surface area contributed by atoms with Crippen molar-refractivity contribution >= 4 is 22.9 Å². The van der Waals surface area contributed by atoms with Crippen LogP contribution in [0, 0.1) is 0 Å². The molecule has 0 atom stereocenters. The maximum Gasteiger partial charge on any atom is 0.265 e. The highest BCUT2D eigenvalue weighted by molar-refractivity contribution is 7.09. The smallest absolute Gasteiger partial charge is 0.265 e. The number of fused-ring (bicyclic) bond motifs is 1. The van der Waals surface area contributed by atoms with Gasteiger partial charge >= 0.3 is 0 Å². The number of hydrogen-bond donors (Lipinski definition) is 0. The molecule has 0 N–H and O–H groups in total. The Morgan fingerprint density at radius 1 is 1.24 bits per heavy atom. The Kier molecular flexibility index (Phi) is 4.72. The minimum absolute atomic E-state index is 0.0104. The lowest BCUT2D eigenvalue weighted by atomic mass is 10.1. The number of rotatable bonds is 4. The number of likely N-dealkylation sites (tertiary alicyclic amines) is 1. The van der Waals surface area contributed by atoms with E-state index in [1.54, 1.807) is 16.2 Å². The fourth-order valence-corrected chi connectivity index (χ4v) is 4.38. The first kappa shape index (κ1) is 16.5. The molecule has 0 bridgehead atoms. The number of piperidine rings is 1. The zero-order valence-corrected chi connectivity index (χ0v) is 15.3. The van der Waals surface area contributed by atoms with Crippen molar-refractivity contribution in [3.8, 4) is 17.0 Å². The van der Waals surface area contributed by atoms with Crippen molar-refractivity contribution in [2.75, 3.05) is 31.1 Å². The molecule has 3 heterocycles. The number of carbonyl (C=O) groups is 1. The molecule has 1 aromatic carbocycles. The Morgan fingerprint density at radius 2 is 2.08 bits per heavy atom. The number of benzene rings is 1. The molecule has 0 radical (unpaired) electrons. The van der Waals surface area contributed by atoms with E-state index in [9.17, 15) is 4.79 Å². The largest absolute Gasteiger partial charge is 0.482 e. The Labute approximate surface area is 152 Å². The zero-order chi connectivity index (χ0) is 17.2. The van der Waals surface area contributed by atoms with E-state index in [1.165, 1.54) is 32.4 Å². The lowest BCUT2D eigenvalue weighted by Gasteiger charge is -2.28. The van der Waals surface area contributed by atoms with Crippen LogP contribution in [0.4, 0.5) is 5.69 Å². The number of aromatic nitrogens is 1. The fraction of sp³-hybridized carbons (Fsp3) is 0.474. The van der Waals surface area contributed by atoms with Gasteiger partial charge < -0.3 is 9.64 Å². The average Bonchev–Trinajstić information content (AvgIpc) is 3.10. The molecule has 0 unspecified atom stereocenters. The molecule has 25 heavy (non-hydrogen) atoms. The number of anilines is 1. The van der Waals surface area contributed by atoms with E-state index in [1.807, 2.05) is 25.1 Å². The van der Waals surface area contributed by atoms with Crippen molar-refractivity contribution in [2.45, 2.75) is 32.7 Å². The Morgan fingerprint density at radius 3 is 2.88 bits per heavy atom. The van der Waals surface area contributed by atoms with Crippen LogP contribution in [0.3, 0.4) is 0 Å². The Hall–Kier alpha value is -1.92. The van der Waals surface area contributed by atoms with E-state index in [0.717, 1.165) is 34.2 Å². The molecule has 0 saturated carbocycles. The van der Waals surface area contributed by atoms with Crippen molar-refractivity contribution in [2.24, 2.45) is 0 Å². The third-order valence-corrected chi connectivity index (χ3v) is 5.71. The Bertz CT molecular complexity index is 768. The number of hydrogen-bond acceptors (Lipinski definition) is 5. The van der Waals surface area contributed by atoms with Crippen LogP contribution in [-0.2, 0) is 11.3 Å². The highest BCUT2D eigenvalue weighted by atomic mass is 32.1. The van der Waals surface area contributed by atoms with Crippen LogP contribution in [0.2, 0.25) is 0 Å². The molecule has 1 saturated heterocycles. The topological polar surface area (TPSA) is 45.7 Å². The second-order valence-corrected chi connectivity index (χ2v) is 7.52. The molecule has 132 valence electrons. The van der Waals surface area contributed by atoms with E-state index < -0.39 is 0 Å². The van der Waals surface area contributed by atoms with Crippen LogP contribution in [0.1, 0.15) is 31.2 Å². The van der Waals surface area contributed by atoms with Crippen LogP contribution >= 0.6 is 11.3 Å². The monoisotopic (exact) mass is 357 g/mol. The summed E-state index contributed by atoms with van der Waals surface area (Å²) in [6.45, 7) is 6.06. The quantitative estimate of drug-likeness (QED) is 0.840. The van der Waals surface area contributed by atoms with Crippen LogP contribution in [0.5, 0.6) is 5.75 Å². The molecular formula is C19H23N3O2S.